The minimum absolute atomic E-state index is 0.0563. The number of rotatable bonds is 6. The van der Waals surface area contributed by atoms with Crippen LogP contribution in [0.25, 0.3) is 31.7 Å². The van der Waals surface area contributed by atoms with Crippen LogP contribution in [0.4, 0.5) is 4.39 Å². The van der Waals surface area contributed by atoms with Crippen LogP contribution < -0.4 is 21.9 Å². The number of aromatic nitrogens is 2. The van der Waals surface area contributed by atoms with Crippen LogP contribution in [-0.2, 0) is 6.54 Å². The fourth-order valence-corrected chi connectivity index (χ4v) is 5.23. The quantitative estimate of drug-likeness (QED) is 0.166. The Morgan fingerprint density at radius 1 is 1.38 bits per heavy atom. The third-order valence-electron chi connectivity index (χ3n) is 5.81. The van der Waals surface area contributed by atoms with E-state index in [0.29, 0.717) is 27.7 Å². The lowest BCUT2D eigenvalue weighted by molar-refractivity contribution is 0.369. The number of phenols is 1. The minimum atomic E-state index is -0.756. The number of phenolic OH excluding ortho intramolecular Hbond substituents is 1. The molecule has 5 rings (SSSR count). The largest absolute Gasteiger partial charge is 0.504 e. The highest BCUT2D eigenvalue weighted by molar-refractivity contribution is 7.25. The van der Waals surface area contributed by atoms with Crippen molar-refractivity contribution in [2.24, 2.45) is 16.7 Å². The molecule has 1 aliphatic rings. The summed E-state index contributed by atoms with van der Waals surface area (Å²) in [4.78, 5) is 19.0. The average Bonchev–Trinajstić information content (AvgIpc) is 3.58. The highest BCUT2D eigenvalue weighted by atomic mass is 32.1. The third kappa shape index (κ3) is 3.72. The topological polar surface area (TPSA) is 132 Å². The predicted octanol–water partition coefficient (Wildman–Crippen LogP) is 3.09. The number of nitrogens with zero attached hydrogens (tertiary/aromatic N) is 4. The van der Waals surface area contributed by atoms with Crippen LogP contribution in [0.15, 0.2) is 40.2 Å². The van der Waals surface area contributed by atoms with Crippen molar-refractivity contribution in [3.05, 3.63) is 52.1 Å². The van der Waals surface area contributed by atoms with E-state index in [4.69, 9.17) is 21.3 Å². The lowest BCUT2D eigenvalue weighted by atomic mass is 10.0. The summed E-state index contributed by atoms with van der Waals surface area (Å²) in [5.41, 5.74) is 7.53. The molecule has 0 atom stereocenters. The first-order valence-corrected chi connectivity index (χ1v) is 11.4. The fraction of sp³-hybridized carbons (Fsp3) is 0.261. The van der Waals surface area contributed by atoms with E-state index in [1.807, 2.05) is 18.2 Å². The van der Waals surface area contributed by atoms with E-state index in [1.54, 1.807) is 7.11 Å². The molecule has 2 aromatic heterocycles. The molecule has 0 radical (unpaired) electrons. The highest BCUT2D eigenvalue weighted by Crippen LogP contribution is 2.46. The molecule has 5 N–H and O–H groups in total. The van der Waals surface area contributed by atoms with E-state index < -0.39 is 11.6 Å². The number of amidine groups is 1. The Labute approximate surface area is 197 Å². The molecule has 1 aliphatic carbocycles. The van der Waals surface area contributed by atoms with Crippen LogP contribution in [0.1, 0.15) is 24.3 Å². The molecule has 2 heterocycles. The number of methoxy groups -OCH3 is 1. The van der Waals surface area contributed by atoms with E-state index in [1.165, 1.54) is 17.7 Å². The first-order chi connectivity index (χ1) is 16.3. The first-order valence-electron chi connectivity index (χ1n) is 10.6. The van der Waals surface area contributed by atoms with E-state index in [9.17, 15) is 14.3 Å². The van der Waals surface area contributed by atoms with Crippen molar-refractivity contribution in [2.75, 3.05) is 14.2 Å². The Morgan fingerprint density at radius 2 is 2.15 bits per heavy atom. The van der Waals surface area contributed by atoms with Crippen molar-refractivity contribution in [2.45, 2.75) is 25.3 Å². The Morgan fingerprint density at radius 3 is 2.82 bits per heavy atom. The van der Waals surface area contributed by atoms with E-state index >= 15 is 0 Å². The fourth-order valence-electron chi connectivity index (χ4n) is 4.14. The molecule has 0 unspecified atom stereocenters. The van der Waals surface area contributed by atoms with Gasteiger partial charge in [-0.2, -0.15) is 0 Å². The SMILES string of the molecule is COc1ccc(-c2nc3sc4c(O)c(F)ccc4c3c(=O)n2C/C(N)=N/N(C)N)c(C2CC2)c1. The zero-order valence-corrected chi connectivity index (χ0v) is 19.4. The molecule has 0 aliphatic heterocycles. The molecular formula is C23H23FN6O3S. The van der Waals surface area contributed by atoms with E-state index in [2.05, 4.69) is 5.10 Å². The molecule has 4 aromatic rings. The Kier molecular flexibility index (Phi) is 5.37. The molecule has 0 saturated heterocycles. The van der Waals surface area contributed by atoms with Crippen molar-refractivity contribution >= 4 is 37.5 Å². The Bertz CT molecular complexity index is 1520. The van der Waals surface area contributed by atoms with E-state index in [-0.39, 0.29) is 28.0 Å². The van der Waals surface area contributed by atoms with Gasteiger partial charge in [-0.1, -0.05) is 0 Å². The van der Waals surface area contributed by atoms with Gasteiger partial charge in [0, 0.05) is 18.0 Å². The molecule has 0 spiro atoms. The monoisotopic (exact) mass is 482 g/mol. The standard InChI is InChI=1S/C23H23FN6O3S/c1-29(26)28-17(25)10-30-21(13-6-5-12(33-2)9-15(13)11-3-4-11)27-22-18(23(30)32)14-7-8-16(24)19(31)20(14)34-22/h5-9,11,31H,3-4,10,26H2,1-2H3,(H2,25,28). The van der Waals surface area contributed by atoms with Gasteiger partial charge in [0.05, 0.1) is 23.7 Å². The maximum absolute atomic E-state index is 14.0. The van der Waals surface area contributed by atoms with Crippen LogP contribution in [0.3, 0.4) is 0 Å². The van der Waals surface area contributed by atoms with Gasteiger partial charge >= 0.3 is 0 Å². The molecule has 9 nitrogen and oxygen atoms in total. The lowest BCUT2D eigenvalue weighted by Crippen LogP contribution is -2.33. The molecule has 1 fully saturated rings. The van der Waals surface area contributed by atoms with Crippen LogP contribution in [0, 0.1) is 5.82 Å². The molecule has 1 saturated carbocycles. The molecule has 176 valence electrons. The van der Waals surface area contributed by atoms with Gasteiger partial charge in [-0.25, -0.2) is 20.3 Å². The number of hydrazine groups is 1. The Hall–Kier alpha value is -3.70. The minimum Gasteiger partial charge on any atom is -0.504 e. The average molecular weight is 483 g/mol. The summed E-state index contributed by atoms with van der Waals surface area (Å²) in [7, 11) is 3.13. The van der Waals surface area contributed by atoms with Gasteiger partial charge in [-0.15, -0.1) is 16.4 Å². The van der Waals surface area contributed by atoms with Gasteiger partial charge < -0.3 is 15.6 Å². The van der Waals surface area contributed by atoms with Crippen molar-refractivity contribution in [3.8, 4) is 22.9 Å². The lowest BCUT2D eigenvalue weighted by Gasteiger charge is -2.16. The first kappa shape index (κ1) is 22.1. The summed E-state index contributed by atoms with van der Waals surface area (Å²) >= 11 is 1.07. The van der Waals surface area contributed by atoms with Crippen LogP contribution in [-0.4, -0.2) is 39.8 Å². The van der Waals surface area contributed by atoms with Gasteiger partial charge in [0.1, 0.15) is 22.2 Å². The van der Waals surface area contributed by atoms with Gasteiger partial charge in [0.15, 0.2) is 11.6 Å². The molecule has 2 aromatic carbocycles. The van der Waals surface area contributed by atoms with Crippen molar-refractivity contribution in [1.29, 1.82) is 0 Å². The number of thiophene rings is 1. The second-order valence-electron chi connectivity index (χ2n) is 8.27. The van der Waals surface area contributed by atoms with Crippen molar-refractivity contribution < 1.29 is 14.2 Å². The maximum Gasteiger partial charge on any atom is 0.263 e. The summed E-state index contributed by atoms with van der Waals surface area (Å²) in [5, 5.41) is 16.1. The summed E-state index contributed by atoms with van der Waals surface area (Å²) in [6.07, 6.45) is 2.06. The molecule has 34 heavy (non-hydrogen) atoms. The summed E-state index contributed by atoms with van der Waals surface area (Å²) in [6.45, 7) is -0.0563. The van der Waals surface area contributed by atoms with Crippen LogP contribution in [0.5, 0.6) is 11.5 Å². The number of aromatic hydroxyl groups is 1. The molecular weight excluding hydrogens is 459 g/mol. The smallest absolute Gasteiger partial charge is 0.263 e. The zero-order valence-electron chi connectivity index (χ0n) is 18.6. The van der Waals surface area contributed by atoms with Crippen LogP contribution >= 0.6 is 11.3 Å². The van der Waals surface area contributed by atoms with Gasteiger partial charge in [-0.3, -0.25) is 9.36 Å². The number of benzene rings is 2. The summed E-state index contributed by atoms with van der Waals surface area (Å²) in [6, 6.07) is 8.27. The number of halogens is 1. The van der Waals surface area contributed by atoms with Gasteiger partial charge in [0.25, 0.3) is 5.56 Å². The summed E-state index contributed by atoms with van der Waals surface area (Å²) < 4.78 is 21.1. The van der Waals surface area contributed by atoms with E-state index in [0.717, 1.165) is 46.5 Å². The highest BCUT2D eigenvalue weighted by Gasteiger charge is 2.29. The second-order valence-corrected chi connectivity index (χ2v) is 9.27. The Balaban J connectivity index is 1.83. The second kappa shape index (κ2) is 8.26. The number of hydrazone groups is 1. The number of hydrogen-bond donors (Lipinski definition) is 3. The van der Waals surface area contributed by atoms with Crippen molar-refractivity contribution in [1.82, 2.24) is 14.7 Å². The third-order valence-corrected chi connectivity index (χ3v) is 6.92. The van der Waals surface area contributed by atoms with Gasteiger partial charge in [-0.05, 0) is 54.7 Å². The number of hydrogen-bond acceptors (Lipinski definition) is 8. The molecule has 11 heteroatoms. The predicted molar refractivity (Wildman–Crippen MR) is 131 cm³/mol. The molecule has 0 amide bonds. The van der Waals surface area contributed by atoms with Gasteiger partial charge in [0.2, 0.25) is 0 Å². The number of fused-ring (bicyclic) bond motifs is 3. The van der Waals surface area contributed by atoms with Crippen LogP contribution in [0.2, 0.25) is 0 Å². The number of nitrogens with two attached hydrogens (primary N) is 2. The normalized spacial score (nSPS) is 14.2. The zero-order chi connectivity index (χ0) is 24.1. The van der Waals surface area contributed by atoms with Crippen molar-refractivity contribution in [3.63, 3.8) is 0 Å². The number of ether oxygens (including phenoxy) is 1. The molecule has 0 bridgehead atoms. The maximum atomic E-state index is 14.0. The summed E-state index contributed by atoms with van der Waals surface area (Å²) in [5.74, 6) is 5.93.